The van der Waals surface area contributed by atoms with Crippen molar-refractivity contribution in [2.75, 3.05) is 0 Å². The standard InChI is InChI=1S/C57H35N5/c1-3-16-37(17-4-1)55-58-56(38-18-5-2-6-19-38)60-57(59-55)43-29-42-23-11-12-24-45(42)51(33-43)62-50-26-14-13-25-46(50)48-34-49-47-31-40-21-9-10-22-41(40)32-52(47)61(53(49)35-54(48)62)44-28-27-36-15-7-8-20-39(36)30-44/h1-35H. The maximum Gasteiger partial charge on any atom is 0.164 e. The van der Waals surface area contributed by atoms with Gasteiger partial charge >= 0.3 is 0 Å². The van der Waals surface area contributed by atoms with Gasteiger partial charge in [-0.15, -0.1) is 0 Å². The van der Waals surface area contributed by atoms with Gasteiger partial charge in [-0.25, -0.2) is 15.0 Å². The summed E-state index contributed by atoms with van der Waals surface area (Å²) in [7, 11) is 0. The number of aromatic nitrogens is 5. The minimum Gasteiger partial charge on any atom is -0.309 e. The molecule has 62 heavy (non-hydrogen) atoms. The highest BCUT2D eigenvalue weighted by atomic mass is 15.0. The highest BCUT2D eigenvalue weighted by molar-refractivity contribution is 6.21. The Labute approximate surface area is 356 Å². The molecule has 0 aliphatic rings. The monoisotopic (exact) mass is 789 g/mol. The van der Waals surface area contributed by atoms with E-state index in [0.29, 0.717) is 17.5 Å². The van der Waals surface area contributed by atoms with Crippen LogP contribution in [0.1, 0.15) is 0 Å². The molecule has 0 unspecified atom stereocenters. The first-order chi connectivity index (χ1) is 30.7. The molecule has 5 nitrogen and oxygen atoms in total. The van der Waals surface area contributed by atoms with E-state index in [4.69, 9.17) is 15.0 Å². The van der Waals surface area contributed by atoms with Crippen molar-refractivity contribution in [2.24, 2.45) is 0 Å². The topological polar surface area (TPSA) is 48.5 Å². The van der Waals surface area contributed by atoms with Gasteiger partial charge in [0.25, 0.3) is 0 Å². The van der Waals surface area contributed by atoms with Crippen LogP contribution in [0.15, 0.2) is 212 Å². The van der Waals surface area contributed by atoms with E-state index in [1.807, 2.05) is 36.4 Å². The van der Waals surface area contributed by atoms with Crippen LogP contribution in [0.2, 0.25) is 0 Å². The highest BCUT2D eigenvalue weighted by Crippen LogP contribution is 2.43. The molecule has 0 aliphatic carbocycles. The first-order valence-corrected chi connectivity index (χ1v) is 21.0. The molecule has 10 aromatic carbocycles. The van der Waals surface area contributed by atoms with Crippen molar-refractivity contribution in [3.8, 4) is 45.5 Å². The molecule has 0 N–H and O–H groups in total. The summed E-state index contributed by atoms with van der Waals surface area (Å²) >= 11 is 0. The molecular weight excluding hydrogens is 755 g/mol. The molecule has 0 saturated heterocycles. The summed E-state index contributed by atoms with van der Waals surface area (Å²) < 4.78 is 4.91. The average molecular weight is 790 g/mol. The number of para-hydroxylation sites is 1. The third kappa shape index (κ3) is 5.38. The highest BCUT2D eigenvalue weighted by Gasteiger charge is 2.22. The van der Waals surface area contributed by atoms with Crippen LogP contribution in [0, 0.1) is 0 Å². The van der Waals surface area contributed by atoms with Gasteiger partial charge in [0.2, 0.25) is 0 Å². The average Bonchev–Trinajstić information content (AvgIpc) is 3.83. The Balaban J connectivity index is 1.12. The molecule has 0 aliphatic heterocycles. The number of hydrogen-bond acceptors (Lipinski definition) is 3. The van der Waals surface area contributed by atoms with Crippen molar-refractivity contribution in [3.63, 3.8) is 0 Å². The van der Waals surface area contributed by atoms with E-state index < -0.39 is 0 Å². The number of rotatable bonds is 5. The van der Waals surface area contributed by atoms with Crippen molar-refractivity contribution in [1.29, 1.82) is 0 Å². The van der Waals surface area contributed by atoms with E-state index >= 15 is 0 Å². The summed E-state index contributed by atoms with van der Waals surface area (Å²) in [6.45, 7) is 0. The van der Waals surface area contributed by atoms with Crippen LogP contribution < -0.4 is 0 Å². The lowest BCUT2D eigenvalue weighted by molar-refractivity contribution is 1.07. The van der Waals surface area contributed by atoms with Crippen molar-refractivity contribution in [3.05, 3.63) is 212 Å². The van der Waals surface area contributed by atoms with Crippen LogP contribution in [0.5, 0.6) is 0 Å². The lowest BCUT2D eigenvalue weighted by atomic mass is 10.0. The normalized spacial score (nSPS) is 11.9. The van der Waals surface area contributed by atoms with E-state index in [2.05, 4.69) is 185 Å². The molecule has 5 heteroatoms. The fraction of sp³-hybridized carbons (Fsp3) is 0. The van der Waals surface area contributed by atoms with Gasteiger partial charge in [0.1, 0.15) is 0 Å². The Morgan fingerprint density at radius 2 is 0.758 bits per heavy atom. The minimum absolute atomic E-state index is 0.622. The molecule has 3 aromatic heterocycles. The molecule has 0 radical (unpaired) electrons. The number of benzene rings is 10. The fourth-order valence-electron chi connectivity index (χ4n) is 9.56. The van der Waals surface area contributed by atoms with Gasteiger partial charge in [-0.05, 0) is 81.5 Å². The Kier molecular flexibility index (Phi) is 7.54. The van der Waals surface area contributed by atoms with Crippen LogP contribution in [0.25, 0.3) is 121 Å². The second-order valence-electron chi connectivity index (χ2n) is 16.1. The van der Waals surface area contributed by atoms with Gasteiger partial charge in [0, 0.05) is 49.3 Å². The molecule has 0 fully saturated rings. The molecule has 288 valence electrons. The van der Waals surface area contributed by atoms with Gasteiger partial charge in [0.05, 0.1) is 27.8 Å². The van der Waals surface area contributed by atoms with Crippen molar-refractivity contribution >= 4 is 75.9 Å². The van der Waals surface area contributed by atoms with Crippen LogP contribution in [0.4, 0.5) is 0 Å². The Bertz CT molecular complexity index is 3860. The van der Waals surface area contributed by atoms with Gasteiger partial charge < -0.3 is 9.13 Å². The Morgan fingerprint density at radius 3 is 1.47 bits per heavy atom. The third-order valence-corrected chi connectivity index (χ3v) is 12.5. The minimum atomic E-state index is 0.622. The molecular formula is C57H35N5. The molecule has 3 heterocycles. The van der Waals surface area contributed by atoms with Gasteiger partial charge in [-0.1, -0.05) is 158 Å². The summed E-state index contributed by atoms with van der Waals surface area (Å²) in [5.74, 6) is 1.89. The van der Waals surface area contributed by atoms with Crippen molar-refractivity contribution in [2.45, 2.75) is 0 Å². The molecule has 13 rings (SSSR count). The van der Waals surface area contributed by atoms with Crippen LogP contribution >= 0.6 is 0 Å². The number of hydrogen-bond donors (Lipinski definition) is 0. The number of fused-ring (bicyclic) bond motifs is 9. The maximum atomic E-state index is 5.17. The lowest BCUT2D eigenvalue weighted by Crippen LogP contribution is -2.02. The molecule has 0 bridgehead atoms. The maximum absolute atomic E-state index is 5.17. The molecule has 0 saturated carbocycles. The zero-order chi connectivity index (χ0) is 40.7. The Hall–Kier alpha value is -8.41. The van der Waals surface area contributed by atoms with Crippen molar-refractivity contribution < 1.29 is 0 Å². The Morgan fingerprint density at radius 1 is 0.258 bits per heavy atom. The van der Waals surface area contributed by atoms with Crippen LogP contribution in [-0.2, 0) is 0 Å². The zero-order valence-electron chi connectivity index (χ0n) is 33.4. The second kappa shape index (κ2) is 13.6. The van der Waals surface area contributed by atoms with Gasteiger partial charge in [-0.3, -0.25) is 0 Å². The van der Waals surface area contributed by atoms with E-state index in [1.54, 1.807) is 0 Å². The van der Waals surface area contributed by atoms with E-state index in [1.165, 1.54) is 48.6 Å². The van der Waals surface area contributed by atoms with Crippen molar-refractivity contribution in [1.82, 2.24) is 24.1 Å². The number of nitrogens with zero attached hydrogens (tertiary/aromatic N) is 5. The summed E-state index contributed by atoms with van der Waals surface area (Å²) in [6, 6.07) is 75.9. The predicted molar refractivity (Wildman–Crippen MR) is 257 cm³/mol. The summed E-state index contributed by atoms with van der Waals surface area (Å²) in [5, 5.41) is 12.0. The van der Waals surface area contributed by atoms with E-state index in [-0.39, 0.29) is 0 Å². The zero-order valence-corrected chi connectivity index (χ0v) is 33.4. The summed E-state index contributed by atoms with van der Waals surface area (Å²) in [4.78, 5) is 15.3. The first-order valence-electron chi connectivity index (χ1n) is 21.0. The van der Waals surface area contributed by atoms with E-state index in [9.17, 15) is 0 Å². The fourth-order valence-corrected chi connectivity index (χ4v) is 9.56. The van der Waals surface area contributed by atoms with Crippen LogP contribution in [-0.4, -0.2) is 24.1 Å². The van der Waals surface area contributed by atoms with E-state index in [0.717, 1.165) is 55.4 Å². The first kappa shape index (κ1) is 34.5. The molecule has 0 atom stereocenters. The SMILES string of the molecule is c1ccc(-c2nc(-c3ccccc3)nc(-c3cc(-n4c5ccccc5c5cc6c7cc8ccccc8cc7n(-c7ccc8ccccc8c7)c6cc54)c4ccccc4c3)n2)cc1. The predicted octanol–water partition coefficient (Wildman–Crippen LogP) is 14.5. The molecule has 0 amide bonds. The molecule has 13 aromatic rings. The summed E-state index contributed by atoms with van der Waals surface area (Å²) in [6.07, 6.45) is 0. The molecule has 0 spiro atoms. The van der Waals surface area contributed by atoms with Gasteiger partial charge in [0.15, 0.2) is 17.5 Å². The summed E-state index contributed by atoms with van der Waals surface area (Å²) in [5.41, 5.74) is 9.59. The van der Waals surface area contributed by atoms with Crippen LogP contribution in [0.3, 0.4) is 0 Å². The smallest absolute Gasteiger partial charge is 0.164 e. The second-order valence-corrected chi connectivity index (χ2v) is 16.1. The third-order valence-electron chi connectivity index (χ3n) is 12.5. The van der Waals surface area contributed by atoms with Gasteiger partial charge in [-0.2, -0.15) is 0 Å². The quantitative estimate of drug-likeness (QED) is 0.174. The lowest BCUT2D eigenvalue weighted by Gasteiger charge is -2.15. The largest absolute Gasteiger partial charge is 0.309 e.